The van der Waals surface area contributed by atoms with Crippen LogP contribution in [0.2, 0.25) is 0 Å². The summed E-state index contributed by atoms with van der Waals surface area (Å²) in [4.78, 5) is 31.4. The largest absolute Gasteiger partial charge is 0.508 e. The van der Waals surface area contributed by atoms with Gasteiger partial charge in [-0.3, -0.25) is 4.79 Å². The number of hydrogen-bond donors (Lipinski definition) is 3. The molecule has 0 saturated heterocycles. The van der Waals surface area contributed by atoms with E-state index in [1.807, 2.05) is 0 Å². The minimum absolute atomic E-state index is 0.0905. The minimum Gasteiger partial charge on any atom is -0.508 e. The van der Waals surface area contributed by atoms with Crippen molar-refractivity contribution in [3.63, 3.8) is 0 Å². The fraction of sp³-hybridized carbons (Fsp3) is 0.118. The minimum atomic E-state index is -0.856. The number of fused-ring (bicyclic) bond motifs is 1. The molecule has 0 aliphatic carbocycles. The summed E-state index contributed by atoms with van der Waals surface area (Å²) >= 11 is 0. The van der Waals surface area contributed by atoms with Crippen LogP contribution in [0.3, 0.4) is 0 Å². The maximum absolute atomic E-state index is 12.4. The molecule has 0 atom stereocenters. The maximum Gasteiger partial charge on any atom is 0.238 e. The molecular formula is C17H14O9. The summed E-state index contributed by atoms with van der Waals surface area (Å²) in [7, 11) is 2.58. The van der Waals surface area contributed by atoms with Crippen molar-refractivity contribution >= 4 is 11.0 Å². The summed E-state index contributed by atoms with van der Waals surface area (Å²) in [6.45, 7) is 0. The monoisotopic (exact) mass is 362 g/mol. The zero-order chi connectivity index (χ0) is 18.8. The van der Waals surface area contributed by atoms with Gasteiger partial charge in [0.05, 0.1) is 14.2 Å². The Morgan fingerprint density at radius 1 is 0.923 bits per heavy atom. The Hall–Kier alpha value is -3.43. The van der Waals surface area contributed by atoms with Gasteiger partial charge in [-0.25, -0.2) is 0 Å². The average molecular weight is 362 g/mol. The average Bonchev–Trinajstić information content (AvgIpc) is 2.59. The molecule has 0 aliphatic rings. The van der Waals surface area contributed by atoms with Crippen LogP contribution in [0.4, 0.5) is 0 Å². The second-order valence-corrected chi connectivity index (χ2v) is 5.11. The topological polar surface area (TPSA) is 128 Å². The van der Waals surface area contributed by atoms with E-state index in [9.17, 15) is 20.1 Å². The number of phenolic OH excluding ortho intramolecular Hbond substituents is 2. The summed E-state index contributed by atoms with van der Waals surface area (Å²) in [5.74, 6) is -1.46. The Balaban J connectivity index is 2.23. The highest BCUT2D eigenvalue weighted by Crippen LogP contribution is 2.38. The first-order valence-electron chi connectivity index (χ1n) is 7.23. The van der Waals surface area contributed by atoms with Crippen molar-refractivity contribution in [2.45, 2.75) is 0 Å². The molecule has 0 aliphatic heterocycles. The molecule has 0 saturated carbocycles. The molecule has 3 aromatic rings. The molecule has 0 amide bonds. The molecule has 0 bridgehead atoms. The lowest BCUT2D eigenvalue weighted by molar-refractivity contribution is -0.201. The van der Waals surface area contributed by atoms with Crippen molar-refractivity contribution in [3.8, 4) is 40.1 Å². The standard InChI is InChI=1S/C17H14O9/c1-22-25-11-4-3-8(5-12(11)26-23-2)17-16(21)15(20)14-10(19)6-9(18)7-13(14)24-17/h3-7,18-19,21H,1-2H3. The van der Waals surface area contributed by atoms with Crippen LogP contribution in [0.1, 0.15) is 0 Å². The molecule has 0 radical (unpaired) electrons. The maximum atomic E-state index is 12.4. The van der Waals surface area contributed by atoms with E-state index in [4.69, 9.17) is 14.2 Å². The first-order chi connectivity index (χ1) is 12.5. The second kappa shape index (κ2) is 6.82. The van der Waals surface area contributed by atoms with Gasteiger partial charge < -0.3 is 29.5 Å². The molecule has 9 nitrogen and oxygen atoms in total. The third-order valence-corrected chi connectivity index (χ3v) is 3.49. The summed E-state index contributed by atoms with van der Waals surface area (Å²) in [6.07, 6.45) is 0. The summed E-state index contributed by atoms with van der Waals surface area (Å²) in [6, 6.07) is 6.42. The van der Waals surface area contributed by atoms with Gasteiger partial charge >= 0.3 is 0 Å². The zero-order valence-corrected chi connectivity index (χ0v) is 13.7. The van der Waals surface area contributed by atoms with Crippen LogP contribution in [0, 0.1) is 0 Å². The zero-order valence-electron chi connectivity index (χ0n) is 13.7. The van der Waals surface area contributed by atoms with E-state index in [0.29, 0.717) is 0 Å². The van der Waals surface area contributed by atoms with E-state index < -0.39 is 16.9 Å². The highest BCUT2D eigenvalue weighted by atomic mass is 17.2. The van der Waals surface area contributed by atoms with Gasteiger partial charge in [-0.05, 0) is 18.2 Å². The van der Waals surface area contributed by atoms with Crippen LogP contribution < -0.4 is 15.2 Å². The molecular weight excluding hydrogens is 348 g/mol. The number of benzene rings is 2. The third kappa shape index (κ3) is 2.96. The highest BCUT2D eigenvalue weighted by molar-refractivity contribution is 5.88. The SMILES string of the molecule is COOc1ccc(-c2oc3cc(O)cc(O)c3c(=O)c2O)cc1OOC. The molecule has 3 N–H and O–H groups in total. The van der Waals surface area contributed by atoms with Crippen molar-refractivity contribution in [3.05, 3.63) is 40.6 Å². The van der Waals surface area contributed by atoms with Crippen molar-refractivity contribution in [2.75, 3.05) is 14.2 Å². The molecule has 0 fully saturated rings. The van der Waals surface area contributed by atoms with Crippen LogP contribution in [-0.4, -0.2) is 29.5 Å². The Morgan fingerprint density at radius 2 is 1.62 bits per heavy atom. The van der Waals surface area contributed by atoms with E-state index in [1.54, 1.807) is 0 Å². The van der Waals surface area contributed by atoms with E-state index >= 15 is 0 Å². The van der Waals surface area contributed by atoms with Crippen LogP contribution in [0.5, 0.6) is 28.7 Å². The van der Waals surface area contributed by atoms with Crippen LogP contribution in [0.25, 0.3) is 22.3 Å². The fourth-order valence-electron chi connectivity index (χ4n) is 2.43. The van der Waals surface area contributed by atoms with Crippen molar-refractivity contribution < 1.29 is 39.3 Å². The molecule has 1 heterocycles. The van der Waals surface area contributed by atoms with Gasteiger partial charge in [-0.2, -0.15) is 9.78 Å². The highest BCUT2D eigenvalue weighted by Gasteiger charge is 2.20. The van der Waals surface area contributed by atoms with Gasteiger partial charge in [-0.1, -0.05) is 0 Å². The molecule has 2 aromatic carbocycles. The Labute approximate surface area is 146 Å². The molecule has 0 spiro atoms. The third-order valence-electron chi connectivity index (χ3n) is 3.49. The number of hydrogen-bond acceptors (Lipinski definition) is 9. The van der Waals surface area contributed by atoms with Gasteiger partial charge in [0.2, 0.25) is 22.7 Å². The summed E-state index contributed by atoms with van der Waals surface area (Å²) < 4.78 is 5.52. The predicted molar refractivity (Wildman–Crippen MR) is 88.2 cm³/mol. The lowest BCUT2D eigenvalue weighted by atomic mass is 10.1. The van der Waals surface area contributed by atoms with Crippen molar-refractivity contribution in [1.29, 1.82) is 0 Å². The molecule has 9 heteroatoms. The van der Waals surface area contributed by atoms with Crippen molar-refractivity contribution in [1.82, 2.24) is 0 Å². The van der Waals surface area contributed by atoms with Gasteiger partial charge in [0, 0.05) is 17.7 Å². The van der Waals surface area contributed by atoms with E-state index in [2.05, 4.69) is 9.78 Å². The normalized spacial score (nSPS) is 10.8. The van der Waals surface area contributed by atoms with Crippen LogP contribution in [0.15, 0.2) is 39.5 Å². The number of aromatic hydroxyl groups is 3. The van der Waals surface area contributed by atoms with Crippen molar-refractivity contribution in [2.24, 2.45) is 0 Å². The van der Waals surface area contributed by atoms with Gasteiger partial charge in [0.25, 0.3) is 0 Å². The van der Waals surface area contributed by atoms with E-state index in [0.717, 1.165) is 12.1 Å². The molecule has 0 unspecified atom stereocenters. The Morgan fingerprint density at radius 3 is 2.31 bits per heavy atom. The Kier molecular flexibility index (Phi) is 4.57. The molecule has 1 aromatic heterocycles. The first-order valence-corrected chi connectivity index (χ1v) is 7.23. The van der Waals surface area contributed by atoms with Gasteiger partial charge in [-0.15, -0.1) is 0 Å². The first kappa shape index (κ1) is 17.4. The lowest BCUT2D eigenvalue weighted by Gasteiger charge is -2.11. The molecule has 136 valence electrons. The number of phenols is 2. The summed E-state index contributed by atoms with van der Waals surface area (Å²) in [5.41, 5.74) is -0.711. The van der Waals surface area contributed by atoms with E-state index in [1.165, 1.54) is 32.4 Å². The van der Waals surface area contributed by atoms with Crippen LogP contribution >= 0.6 is 0 Å². The van der Waals surface area contributed by atoms with Gasteiger partial charge in [0.1, 0.15) is 22.5 Å². The van der Waals surface area contributed by atoms with Gasteiger partial charge in [0.15, 0.2) is 5.76 Å². The molecule has 26 heavy (non-hydrogen) atoms. The van der Waals surface area contributed by atoms with E-state index in [-0.39, 0.29) is 39.5 Å². The lowest BCUT2D eigenvalue weighted by Crippen LogP contribution is -2.03. The fourth-order valence-corrected chi connectivity index (χ4v) is 2.43. The Bertz CT molecular complexity index is 1020. The quantitative estimate of drug-likeness (QED) is 0.463. The number of rotatable bonds is 5. The smallest absolute Gasteiger partial charge is 0.238 e. The predicted octanol–water partition coefficient (Wildman–Crippen LogP) is 2.46. The molecule has 3 rings (SSSR count). The van der Waals surface area contributed by atoms with Crippen LogP contribution in [-0.2, 0) is 9.78 Å². The summed E-state index contributed by atoms with van der Waals surface area (Å²) in [5, 5.41) is 29.4. The second-order valence-electron chi connectivity index (χ2n) is 5.11.